The minimum atomic E-state index is -0.432. The minimum absolute atomic E-state index is 0.0901. The third kappa shape index (κ3) is 3.33. The zero-order valence-electron chi connectivity index (χ0n) is 15.6. The first-order valence-corrected chi connectivity index (χ1v) is 8.80. The number of ether oxygens (including phenoxy) is 2. The van der Waals surface area contributed by atoms with Crippen LogP contribution in [0.4, 0.5) is 0 Å². The first-order valence-electron chi connectivity index (χ1n) is 8.80. The van der Waals surface area contributed by atoms with E-state index in [9.17, 15) is 4.79 Å². The zero-order valence-corrected chi connectivity index (χ0v) is 15.6. The van der Waals surface area contributed by atoms with Crippen LogP contribution in [0, 0.1) is 6.92 Å². The smallest absolute Gasteiger partial charge is 0.242 e. The molecule has 140 valence electrons. The molecule has 2 aromatic heterocycles. The van der Waals surface area contributed by atoms with Crippen molar-refractivity contribution in [2.24, 2.45) is 0 Å². The van der Waals surface area contributed by atoms with Gasteiger partial charge in [-0.3, -0.25) is 9.69 Å². The Kier molecular flexibility index (Phi) is 4.45. The van der Waals surface area contributed by atoms with Crippen molar-refractivity contribution in [2.75, 3.05) is 20.9 Å². The van der Waals surface area contributed by atoms with Gasteiger partial charge in [-0.25, -0.2) is 4.98 Å². The molecule has 27 heavy (non-hydrogen) atoms. The highest BCUT2D eigenvalue weighted by Crippen LogP contribution is 2.35. The van der Waals surface area contributed by atoms with Crippen molar-refractivity contribution in [1.29, 1.82) is 0 Å². The Balaban J connectivity index is 1.51. The van der Waals surface area contributed by atoms with Gasteiger partial charge in [0.05, 0.1) is 12.2 Å². The lowest BCUT2D eigenvalue weighted by Gasteiger charge is -2.23. The summed E-state index contributed by atoms with van der Waals surface area (Å²) in [4.78, 5) is 19.3. The number of fused-ring (bicyclic) bond motifs is 2. The molecule has 1 amide bonds. The van der Waals surface area contributed by atoms with Gasteiger partial charge in [0.1, 0.15) is 11.7 Å². The van der Waals surface area contributed by atoms with Crippen LogP contribution in [-0.2, 0) is 11.3 Å². The number of hydrogen-bond acceptors (Lipinski definition) is 5. The molecular formula is C20H22N4O3. The van der Waals surface area contributed by atoms with E-state index < -0.39 is 6.04 Å². The van der Waals surface area contributed by atoms with Gasteiger partial charge in [-0.15, -0.1) is 0 Å². The number of aromatic nitrogens is 2. The molecule has 1 atom stereocenters. The molecule has 0 bridgehead atoms. The fraction of sp³-hybridized carbons (Fsp3) is 0.300. The van der Waals surface area contributed by atoms with E-state index in [0.29, 0.717) is 18.0 Å². The van der Waals surface area contributed by atoms with Crippen LogP contribution in [-0.4, -0.2) is 41.1 Å². The van der Waals surface area contributed by atoms with E-state index in [1.54, 1.807) is 0 Å². The number of imidazole rings is 1. The SMILES string of the molecule is Cc1cccc2nc(CNC(=O)[C@H](c3ccc4c(c3)OCO4)N(C)C)cn12. The maximum absolute atomic E-state index is 12.9. The Bertz CT molecular complexity index is 996. The van der Waals surface area contributed by atoms with E-state index >= 15 is 0 Å². The number of nitrogens with zero attached hydrogens (tertiary/aromatic N) is 3. The van der Waals surface area contributed by atoms with Gasteiger partial charge in [-0.2, -0.15) is 0 Å². The topological polar surface area (TPSA) is 68.1 Å². The summed E-state index contributed by atoms with van der Waals surface area (Å²) in [6.45, 7) is 2.61. The molecule has 1 aliphatic rings. The summed E-state index contributed by atoms with van der Waals surface area (Å²) >= 11 is 0. The monoisotopic (exact) mass is 366 g/mol. The normalized spacial score (nSPS) is 13.9. The molecule has 1 aliphatic heterocycles. The molecule has 0 spiro atoms. The van der Waals surface area contributed by atoms with Crippen LogP contribution in [0.3, 0.4) is 0 Å². The second-order valence-electron chi connectivity index (χ2n) is 6.82. The van der Waals surface area contributed by atoms with Gasteiger partial charge in [0.25, 0.3) is 0 Å². The minimum Gasteiger partial charge on any atom is -0.454 e. The lowest BCUT2D eigenvalue weighted by molar-refractivity contribution is -0.126. The van der Waals surface area contributed by atoms with E-state index in [4.69, 9.17) is 9.47 Å². The van der Waals surface area contributed by atoms with Crippen LogP contribution in [0.5, 0.6) is 11.5 Å². The summed E-state index contributed by atoms with van der Waals surface area (Å²) in [6, 6.07) is 11.1. The molecule has 0 fully saturated rings. The second kappa shape index (κ2) is 6.92. The van der Waals surface area contributed by atoms with Crippen LogP contribution in [0.15, 0.2) is 42.6 Å². The van der Waals surface area contributed by atoms with Crippen molar-refractivity contribution in [3.63, 3.8) is 0 Å². The lowest BCUT2D eigenvalue weighted by Crippen LogP contribution is -2.36. The predicted octanol–water partition coefficient (Wildman–Crippen LogP) is 2.29. The Hall–Kier alpha value is -3.06. The van der Waals surface area contributed by atoms with E-state index in [2.05, 4.69) is 10.3 Å². The molecule has 3 aromatic rings. The number of likely N-dealkylation sites (N-methyl/N-ethyl adjacent to an activating group) is 1. The van der Waals surface area contributed by atoms with Gasteiger partial charge in [0, 0.05) is 11.9 Å². The zero-order chi connectivity index (χ0) is 19.0. The first-order chi connectivity index (χ1) is 13.0. The van der Waals surface area contributed by atoms with Crippen LogP contribution in [0.25, 0.3) is 5.65 Å². The highest BCUT2D eigenvalue weighted by molar-refractivity contribution is 5.83. The third-order valence-corrected chi connectivity index (χ3v) is 4.67. The fourth-order valence-electron chi connectivity index (χ4n) is 3.33. The van der Waals surface area contributed by atoms with Gasteiger partial charge in [-0.1, -0.05) is 12.1 Å². The number of nitrogens with one attached hydrogen (secondary N) is 1. The largest absolute Gasteiger partial charge is 0.454 e. The standard InChI is InChI=1S/C20H22N4O3/c1-13-5-4-6-18-22-15(11-24(13)18)10-21-20(25)19(23(2)3)14-7-8-16-17(9-14)27-12-26-16/h4-9,11,19H,10,12H2,1-3H3,(H,21,25)/t19-/m0/s1. The van der Waals surface area contributed by atoms with E-state index in [1.807, 2.05) is 72.9 Å². The second-order valence-corrected chi connectivity index (χ2v) is 6.82. The number of amides is 1. The number of hydrogen-bond donors (Lipinski definition) is 1. The lowest BCUT2D eigenvalue weighted by atomic mass is 10.0. The molecule has 7 heteroatoms. The van der Waals surface area contributed by atoms with Crippen molar-refractivity contribution >= 4 is 11.6 Å². The molecule has 4 rings (SSSR count). The number of carbonyl (C=O) groups is 1. The maximum Gasteiger partial charge on any atom is 0.242 e. The average molecular weight is 366 g/mol. The van der Waals surface area contributed by atoms with Crippen molar-refractivity contribution in [3.05, 3.63) is 59.5 Å². The predicted molar refractivity (Wildman–Crippen MR) is 101 cm³/mol. The van der Waals surface area contributed by atoms with Crippen LogP contribution >= 0.6 is 0 Å². The number of pyridine rings is 1. The Morgan fingerprint density at radius 1 is 1.26 bits per heavy atom. The Morgan fingerprint density at radius 2 is 2.07 bits per heavy atom. The number of carbonyl (C=O) groups excluding carboxylic acids is 1. The van der Waals surface area contributed by atoms with Crippen LogP contribution in [0.1, 0.15) is 23.0 Å². The van der Waals surface area contributed by atoms with Crippen molar-refractivity contribution in [1.82, 2.24) is 19.6 Å². The van der Waals surface area contributed by atoms with Gasteiger partial charge < -0.3 is 19.2 Å². The number of aryl methyl sites for hydroxylation is 1. The fourth-order valence-corrected chi connectivity index (χ4v) is 3.33. The molecule has 0 saturated carbocycles. The molecule has 1 N–H and O–H groups in total. The Morgan fingerprint density at radius 3 is 2.85 bits per heavy atom. The summed E-state index contributed by atoms with van der Waals surface area (Å²) in [5, 5.41) is 3.00. The molecule has 1 aromatic carbocycles. The van der Waals surface area contributed by atoms with Gasteiger partial charge in [0.2, 0.25) is 12.7 Å². The maximum atomic E-state index is 12.9. The summed E-state index contributed by atoms with van der Waals surface area (Å²) < 4.78 is 12.8. The highest BCUT2D eigenvalue weighted by Gasteiger charge is 2.25. The van der Waals surface area contributed by atoms with Crippen LogP contribution < -0.4 is 14.8 Å². The molecule has 0 aliphatic carbocycles. The Labute approximate surface area is 157 Å². The summed E-state index contributed by atoms with van der Waals surface area (Å²) in [7, 11) is 3.76. The number of benzene rings is 1. The molecule has 0 unspecified atom stereocenters. The van der Waals surface area contributed by atoms with Gasteiger partial charge >= 0.3 is 0 Å². The molecular weight excluding hydrogens is 344 g/mol. The van der Waals surface area contributed by atoms with Crippen LogP contribution in [0.2, 0.25) is 0 Å². The number of rotatable bonds is 5. The molecule has 0 radical (unpaired) electrons. The van der Waals surface area contributed by atoms with E-state index in [-0.39, 0.29) is 12.7 Å². The molecule has 0 saturated heterocycles. The summed E-state index contributed by atoms with van der Waals surface area (Å²) in [5.74, 6) is 1.28. The molecule has 7 nitrogen and oxygen atoms in total. The van der Waals surface area contributed by atoms with Crippen molar-refractivity contribution in [2.45, 2.75) is 19.5 Å². The van der Waals surface area contributed by atoms with Crippen molar-refractivity contribution < 1.29 is 14.3 Å². The summed E-state index contributed by atoms with van der Waals surface area (Å²) in [6.07, 6.45) is 1.95. The van der Waals surface area contributed by atoms with Gasteiger partial charge in [0.15, 0.2) is 11.5 Å². The van der Waals surface area contributed by atoms with E-state index in [0.717, 1.165) is 22.6 Å². The quantitative estimate of drug-likeness (QED) is 0.750. The molecule has 3 heterocycles. The summed E-state index contributed by atoms with van der Waals surface area (Å²) in [5.41, 5.74) is 3.65. The average Bonchev–Trinajstić information content (AvgIpc) is 3.26. The van der Waals surface area contributed by atoms with Gasteiger partial charge in [-0.05, 0) is 50.8 Å². The third-order valence-electron chi connectivity index (χ3n) is 4.67. The first kappa shape index (κ1) is 17.4. The van der Waals surface area contributed by atoms with Crippen molar-refractivity contribution in [3.8, 4) is 11.5 Å². The highest BCUT2D eigenvalue weighted by atomic mass is 16.7. The van der Waals surface area contributed by atoms with E-state index in [1.165, 1.54) is 0 Å².